The molecule has 1 aromatic rings. The minimum atomic E-state index is -0.625. The van der Waals surface area contributed by atoms with Crippen molar-refractivity contribution in [1.29, 1.82) is 0 Å². The van der Waals surface area contributed by atoms with Crippen LogP contribution in [0.1, 0.15) is 46.1 Å². The highest BCUT2D eigenvalue weighted by molar-refractivity contribution is 9.11. The largest absolute Gasteiger partial charge is 0.455 e. The van der Waals surface area contributed by atoms with E-state index in [-0.39, 0.29) is 11.9 Å². The van der Waals surface area contributed by atoms with Gasteiger partial charge in [0.2, 0.25) is 0 Å². The highest BCUT2D eigenvalue weighted by Gasteiger charge is 2.52. The van der Waals surface area contributed by atoms with Gasteiger partial charge < -0.3 is 4.74 Å². The summed E-state index contributed by atoms with van der Waals surface area (Å²) in [7, 11) is 0. The lowest BCUT2D eigenvalue weighted by atomic mass is 9.76. The Bertz CT molecular complexity index is 604. The number of ether oxygens (including phenoxy) is 1. The van der Waals surface area contributed by atoms with E-state index in [1.165, 1.54) is 6.42 Å². The van der Waals surface area contributed by atoms with Gasteiger partial charge in [-0.15, -0.1) is 0 Å². The number of hydrogen-bond acceptors (Lipinski definition) is 2. The average molecular weight is 444 g/mol. The van der Waals surface area contributed by atoms with E-state index in [4.69, 9.17) is 4.74 Å². The normalized spacial score (nSPS) is 33.0. The predicted molar refractivity (Wildman–Crippen MR) is 99.0 cm³/mol. The third-order valence-corrected chi connectivity index (χ3v) is 7.03. The number of esters is 1. The topological polar surface area (TPSA) is 26.3 Å². The second kappa shape index (κ2) is 6.18. The van der Waals surface area contributed by atoms with Crippen LogP contribution < -0.4 is 0 Å². The second-order valence-electron chi connectivity index (χ2n) is 7.81. The summed E-state index contributed by atoms with van der Waals surface area (Å²) in [4.78, 5) is 12.8. The number of benzene rings is 1. The van der Waals surface area contributed by atoms with Crippen LogP contribution in [0.2, 0.25) is 0 Å². The van der Waals surface area contributed by atoms with Crippen LogP contribution in [0.5, 0.6) is 0 Å². The van der Waals surface area contributed by atoms with E-state index in [0.29, 0.717) is 17.8 Å². The van der Waals surface area contributed by atoms with Gasteiger partial charge in [0.05, 0.1) is 5.92 Å². The van der Waals surface area contributed by atoms with E-state index >= 15 is 0 Å². The van der Waals surface area contributed by atoms with Crippen molar-refractivity contribution in [2.45, 2.75) is 46.1 Å². The van der Waals surface area contributed by atoms with Crippen LogP contribution in [0, 0.1) is 29.6 Å². The first-order valence-corrected chi connectivity index (χ1v) is 9.97. The molecule has 0 spiro atoms. The minimum Gasteiger partial charge on any atom is -0.455 e. The zero-order chi connectivity index (χ0) is 16.9. The number of rotatable bonds is 3. The van der Waals surface area contributed by atoms with Gasteiger partial charge in [-0.05, 0) is 74.1 Å². The summed E-state index contributed by atoms with van der Waals surface area (Å²) in [6, 6.07) is 6.02. The van der Waals surface area contributed by atoms with E-state index < -0.39 is 5.60 Å². The molecule has 2 saturated carbocycles. The molecule has 0 radical (unpaired) electrons. The SMILES string of the molecule is CC1C2CC(C(=O)OC(C)(C)c3cc(Br)cc(Br)c3)C(C2)C1C. The Hall–Kier alpha value is -0.350. The fourth-order valence-electron chi connectivity index (χ4n) is 4.50. The van der Waals surface area contributed by atoms with Gasteiger partial charge in [0, 0.05) is 8.95 Å². The zero-order valence-electron chi connectivity index (χ0n) is 14.1. The molecule has 2 fully saturated rings. The van der Waals surface area contributed by atoms with Gasteiger partial charge in [-0.1, -0.05) is 45.7 Å². The summed E-state index contributed by atoms with van der Waals surface area (Å²) >= 11 is 7.02. The third-order valence-electron chi connectivity index (χ3n) is 6.11. The van der Waals surface area contributed by atoms with Crippen LogP contribution in [0.25, 0.3) is 0 Å². The van der Waals surface area contributed by atoms with Gasteiger partial charge in [-0.3, -0.25) is 4.79 Å². The van der Waals surface area contributed by atoms with Crippen molar-refractivity contribution in [3.63, 3.8) is 0 Å². The Kier molecular flexibility index (Phi) is 4.69. The first-order valence-electron chi connectivity index (χ1n) is 8.38. The molecule has 3 rings (SSSR count). The molecule has 0 amide bonds. The van der Waals surface area contributed by atoms with Crippen LogP contribution in [-0.2, 0) is 15.1 Å². The van der Waals surface area contributed by atoms with Crippen LogP contribution in [-0.4, -0.2) is 5.97 Å². The molecule has 1 aromatic carbocycles. The van der Waals surface area contributed by atoms with Crippen LogP contribution in [0.4, 0.5) is 0 Å². The Balaban J connectivity index is 1.75. The highest BCUT2D eigenvalue weighted by Crippen LogP contribution is 2.55. The van der Waals surface area contributed by atoms with Crippen LogP contribution >= 0.6 is 31.9 Å². The molecule has 2 bridgehead atoms. The predicted octanol–water partition coefficient (Wildman–Crippen LogP) is 5.92. The van der Waals surface area contributed by atoms with Gasteiger partial charge in [0.25, 0.3) is 0 Å². The molecule has 0 aliphatic heterocycles. The van der Waals surface area contributed by atoms with Gasteiger partial charge in [-0.2, -0.15) is 0 Å². The summed E-state index contributed by atoms with van der Waals surface area (Å²) in [5, 5.41) is 0. The molecule has 126 valence electrons. The summed E-state index contributed by atoms with van der Waals surface area (Å²) in [5.41, 5.74) is 0.372. The molecule has 4 heteroatoms. The molecule has 0 heterocycles. The lowest BCUT2D eigenvalue weighted by Gasteiger charge is -2.33. The Morgan fingerprint density at radius 3 is 2.22 bits per heavy atom. The fourth-order valence-corrected chi connectivity index (χ4v) is 5.79. The van der Waals surface area contributed by atoms with Crippen molar-refractivity contribution in [1.82, 2.24) is 0 Å². The first-order chi connectivity index (χ1) is 10.7. The van der Waals surface area contributed by atoms with E-state index in [0.717, 1.165) is 26.8 Å². The molecular formula is C19H24Br2O2. The van der Waals surface area contributed by atoms with Crippen molar-refractivity contribution < 1.29 is 9.53 Å². The van der Waals surface area contributed by atoms with Crippen LogP contribution in [0.15, 0.2) is 27.1 Å². The minimum absolute atomic E-state index is 0.0163. The molecular weight excluding hydrogens is 420 g/mol. The number of carbonyl (C=O) groups is 1. The Morgan fingerprint density at radius 1 is 1.09 bits per heavy atom. The molecule has 0 saturated heterocycles. The average Bonchev–Trinajstić information content (AvgIpc) is 2.98. The number of halogens is 2. The molecule has 5 atom stereocenters. The fraction of sp³-hybridized carbons (Fsp3) is 0.632. The number of fused-ring (bicyclic) bond motifs is 2. The van der Waals surface area contributed by atoms with E-state index in [9.17, 15) is 4.79 Å². The van der Waals surface area contributed by atoms with Gasteiger partial charge in [-0.25, -0.2) is 0 Å². The van der Waals surface area contributed by atoms with Gasteiger partial charge in [0.15, 0.2) is 0 Å². The molecule has 0 N–H and O–H groups in total. The Labute approximate surface area is 155 Å². The monoisotopic (exact) mass is 442 g/mol. The van der Waals surface area contributed by atoms with Crippen molar-refractivity contribution >= 4 is 37.8 Å². The van der Waals surface area contributed by atoms with E-state index in [1.54, 1.807) is 0 Å². The van der Waals surface area contributed by atoms with E-state index in [2.05, 4.69) is 45.7 Å². The molecule has 0 aromatic heterocycles. The van der Waals surface area contributed by atoms with Crippen molar-refractivity contribution in [2.24, 2.45) is 29.6 Å². The number of carbonyl (C=O) groups excluding carboxylic acids is 1. The highest BCUT2D eigenvalue weighted by atomic mass is 79.9. The van der Waals surface area contributed by atoms with Crippen molar-refractivity contribution in [3.8, 4) is 0 Å². The maximum atomic E-state index is 12.8. The maximum Gasteiger partial charge on any atom is 0.310 e. The quantitative estimate of drug-likeness (QED) is 0.542. The first kappa shape index (κ1) is 17.5. The van der Waals surface area contributed by atoms with Crippen molar-refractivity contribution in [2.75, 3.05) is 0 Å². The molecule has 2 aliphatic rings. The summed E-state index contributed by atoms with van der Waals surface area (Å²) in [5.74, 6) is 2.66. The second-order valence-corrected chi connectivity index (χ2v) is 9.64. The standard InChI is InChI=1S/C19H24Br2O2/c1-10-11(2)16-5-12(10)6-17(16)18(22)23-19(3,4)13-7-14(20)9-15(21)8-13/h7-12,16-17H,5-6H2,1-4H3. The lowest BCUT2D eigenvalue weighted by Crippen LogP contribution is -2.35. The molecule has 2 nitrogen and oxygen atoms in total. The summed E-state index contributed by atoms with van der Waals surface area (Å²) < 4.78 is 7.93. The van der Waals surface area contributed by atoms with E-state index in [1.807, 2.05) is 32.0 Å². The van der Waals surface area contributed by atoms with Gasteiger partial charge >= 0.3 is 5.97 Å². The van der Waals surface area contributed by atoms with Gasteiger partial charge in [0.1, 0.15) is 5.60 Å². The zero-order valence-corrected chi connectivity index (χ0v) is 17.3. The summed E-state index contributed by atoms with van der Waals surface area (Å²) in [6.45, 7) is 8.57. The smallest absolute Gasteiger partial charge is 0.310 e. The third kappa shape index (κ3) is 3.26. The maximum absolute atomic E-state index is 12.8. The lowest BCUT2D eigenvalue weighted by molar-refractivity contribution is -0.165. The van der Waals surface area contributed by atoms with Crippen LogP contribution in [0.3, 0.4) is 0 Å². The molecule has 23 heavy (non-hydrogen) atoms. The van der Waals surface area contributed by atoms with Crippen molar-refractivity contribution in [3.05, 3.63) is 32.7 Å². The summed E-state index contributed by atoms with van der Waals surface area (Å²) in [6.07, 6.45) is 2.21. The molecule has 5 unspecified atom stereocenters. The Morgan fingerprint density at radius 2 is 1.70 bits per heavy atom. The number of hydrogen-bond donors (Lipinski definition) is 0. The molecule has 2 aliphatic carbocycles.